The third kappa shape index (κ3) is 1.99. The minimum Gasteiger partial charge on any atom is -0.310 e. The molecular formula is C17H25N. The molecule has 2 fully saturated rings. The smallest absolute Gasteiger partial charge is 0.0356 e. The fourth-order valence-electron chi connectivity index (χ4n) is 4.14. The van der Waals surface area contributed by atoms with E-state index in [9.17, 15) is 0 Å². The van der Waals surface area contributed by atoms with E-state index in [0.29, 0.717) is 6.04 Å². The molecule has 0 saturated heterocycles. The van der Waals surface area contributed by atoms with Crippen LogP contribution < -0.4 is 5.32 Å². The Hall–Kier alpha value is -0.820. The first-order valence-corrected chi connectivity index (χ1v) is 7.53. The Morgan fingerprint density at radius 2 is 1.94 bits per heavy atom. The van der Waals surface area contributed by atoms with Gasteiger partial charge in [-0.1, -0.05) is 37.1 Å². The fourth-order valence-corrected chi connectivity index (χ4v) is 4.14. The van der Waals surface area contributed by atoms with Crippen molar-refractivity contribution in [1.29, 1.82) is 0 Å². The van der Waals surface area contributed by atoms with E-state index in [2.05, 4.69) is 44.3 Å². The Labute approximate surface area is 111 Å². The Kier molecular flexibility index (Phi) is 3.19. The topological polar surface area (TPSA) is 12.0 Å². The van der Waals surface area contributed by atoms with Crippen molar-refractivity contribution in [2.75, 3.05) is 6.54 Å². The summed E-state index contributed by atoms with van der Waals surface area (Å²) in [5.74, 6) is 2.96. The van der Waals surface area contributed by atoms with Crippen LogP contribution in [0.3, 0.4) is 0 Å². The van der Waals surface area contributed by atoms with Gasteiger partial charge < -0.3 is 5.32 Å². The van der Waals surface area contributed by atoms with Gasteiger partial charge in [0, 0.05) is 6.04 Å². The van der Waals surface area contributed by atoms with Gasteiger partial charge in [-0.05, 0) is 62.1 Å². The highest BCUT2D eigenvalue weighted by Crippen LogP contribution is 2.62. The molecule has 3 rings (SSSR count). The molecule has 1 nitrogen and oxygen atoms in total. The second kappa shape index (κ2) is 4.70. The van der Waals surface area contributed by atoms with Crippen LogP contribution in [0.4, 0.5) is 0 Å². The zero-order chi connectivity index (χ0) is 12.7. The van der Waals surface area contributed by atoms with E-state index < -0.39 is 0 Å². The standard InChI is InChI=1S/C17H25N/c1-4-18-17(16-13-6-5-7-14(13)16)15-10-11(2)8-9-12(15)3/h8-10,13-14,16-18H,4-7H2,1-3H3. The van der Waals surface area contributed by atoms with Gasteiger partial charge in [0.1, 0.15) is 0 Å². The highest BCUT2D eigenvalue weighted by atomic mass is 14.9. The van der Waals surface area contributed by atoms with Crippen LogP contribution in [0, 0.1) is 31.6 Å². The first-order valence-electron chi connectivity index (χ1n) is 7.53. The maximum absolute atomic E-state index is 3.76. The Morgan fingerprint density at radius 1 is 1.22 bits per heavy atom. The number of aryl methyl sites for hydroxylation is 2. The van der Waals surface area contributed by atoms with Crippen molar-refractivity contribution in [3.05, 3.63) is 34.9 Å². The van der Waals surface area contributed by atoms with Crippen LogP contribution in [0.2, 0.25) is 0 Å². The van der Waals surface area contributed by atoms with E-state index in [4.69, 9.17) is 0 Å². The van der Waals surface area contributed by atoms with Crippen LogP contribution in [0.25, 0.3) is 0 Å². The molecule has 0 radical (unpaired) electrons. The summed E-state index contributed by atoms with van der Waals surface area (Å²) in [6.45, 7) is 7.78. The number of rotatable bonds is 4. The Morgan fingerprint density at radius 3 is 2.61 bits per heavy atom. The lowest BCUT2D eigenvalue weighted by Crippen LogP contribution is -2.25. The molecule has 0 aromatic heterocycles. The molecule has 1 aromatic rings. The number of hydrogen-bond acceptors (Lipinski definition) is 1. The minimum atomic E-state index is 0.602. The molecule has 0 spiro atoms. The first kappa shape index (κ1) is 12.2. The highest BCUT2D eigenvalue weighted by molar-refractivity contribution is 5.35. The van der Waals surface area contributed by atoms with Gasteiger partial charge >= 0.3 is 0 Å². The average Bonchev–Trinajstić information content (AvgIpc) is 2.82. The summed E-state index contributed by atoms with van der Waals surface area (Å²) in [5.41, 5.74) is 4.40. The summed E-state index contributed by atoms with van der Waals surface area (Å²) < 4.78 is 0. The molecule has 18 heavy (non-hydrogen) atoms. The lowest BCUT2D eigenvalue weighted by Gasteiger charge is -2.23. The Bertz CT molecular complexity index is 427. The quantitative estimate of drug-likeness (QED) is 0.843. The average molecular weight is 243 g/mol. The van der Waals surface area contributed by atoms with E-state index in [1.54, 1.807) is 5.56 Å². The van der Waals surface area contributed by atoms with Gasteiger partial charge in [-0.25, -0.2) is 0 Å². The van der Waals surface area contributed by atoms with Crippen molar-refractivity contribution in [2.24, 2.45) is 17.8 Å². The molecule has 1 heteroatoms. The number of hydrogen-bond donors (Lipinski definition) is 1. The molecule has 1 N–H and O–H groups in total. The molecule has 0 amide bonds. The maximum atomic E-state index is 3.76. The second-order valence-corrected chi connectivity index (χ2v) is 6.23. The molecule has 0 heterocycles. The summed E-state index contributed by atoms with van der Waals surface area (Å²) in [5, 5.41) is 3.76. The summed E-state index contributed by atoms with van der Waals surface area (Å²) in [6.07, 6.45) is 4.42. The molecule has 2 aliphatic carbocycles. The lowest BCUT2D eigenvalue weighted by atomic mass is 9.92. The van der Waals surface area contributed by atoms with Crippen molar-refractivity contribution in [3.8, 4) is 0 Å². The van der Waals surface area contributed by atoms with Gasteiger partial charge in [0.05, 0.1) is 0 Å². The third-order valence-corrected chi connectivity index (χ3v) is 5.05. The molecule has 98 valence electrons. The normalized spacial score (nSPS) is 31.2. The molecule has 1 aromatic carbocycles. The van der Waals surface area contributed by atoms with Crippen molar-refractivity contribution in [3.63, 3.8) is 0 Å². The van der Waals surface area contributed by atoms with Gasteiger partial charge in [0.15, 0.2) is 0 Å². The minimum absolute atomic E-state index is 0.602. The molecule has 3 unspecified atom stereocenters. The van der Waals surface area contributed by atoms with Crippen molar-refractivity contribution < 1.29 is 0 Å². The van der Waals surface area contributed by atoms with Gasteiger partial charge in [-0.15, -0.1) is 0 Å². The second-order valence-electron chi connectivity index (χ2n) is 6.23. The summed E-state index contributed by atoms with van der Waals surface area (Å²) in [7, 11) is 0. The summed E-state index contributed by atoms with van der Waals surface area (Å²) in [6, 6.07) is 7.52. The third-order valence-electron chi connectivity index (χ3n) is 5.05. The van der Waals surface area contributed by atoms with Crippen molar-refractivity contribution >= 4 is 0 Å². The van der Waals surface area contributed by atoms with Gasteiger partial charge in [0.2, 0.25) is 0 Å². The van der Waals surface area contributed by atoms with E-state index in [0.717, 1.165) is 24.3 Å². The monoisotopic (exact) mass is 243 g/mol. The highest BCUT2D eigenvalue weighted by Gasteiger charge is 2.55. The largest absolute Gasteiger partial charge is 0.310 e. The summed E-state index contributed by atoms with van der Waals surface area (Å²) in [4.78, 5) is 0. The van der Waals surface area contributed by atoms with Crippen LogP contribution >= 0.6 is 0 Å². The number of fused-ring (bicyclic) bond motifs is 1. The van der Waals surface area contributed by atoms with Gasteiger partial charge in [-0.2, -0.15) is 0 Å². The van der Waals surface area contributed by atoms with Gasteiger partial charge in [0.25, 0.3) is 0 Å². The summed E-state index contributed by atoms with van der Waals surface area (Å²) >= 11 is 0. The predicted molar refractivity (Wildman–Crippen MR) is 76.7 cm³/mol. The Balaban J connectivity index is 1.87. The van der Waals surface area contributed by atoms with E-state index in [1.807, 2.05) is 0 Å². The molecule has 2 aliphatic rings. The van der Waals surface area contributed by atoms with Crippen LogP contribution in [-0.2, 0) is 0 Å². The van der Waals surface area contributed by atoms with Crippen LogP contribution in [0.15, 0.2) is 18.2 Å². The van der Waals surface area contributed by atoms with Crippen LogP contribution in [0.1, 0.15) is 48.9 Å². The van der Waals surface area contributed by atoms with Crippen LogP contribution in [0.5, 0.6) is 0 Å². The number of benzene rings is 1. The molecule has 0 aliphatic heterocycles. The van der Waals surface area contributed by atoms with Gasteiger partial charge in [-0.3, -0.25) is 0 Å². The van der Waals surface area contributed by atoms with Crippen LogP contribution in [-0.4, -0.2) is 6.54 Å². The zero-order valence-corrected chi connectivity index (χ0v) is 11.9. The first-order chi connectivity index (χ1) is 8.72. The predicted octanol–water partition coefficient (Wildman–Crippen LogP) is 4.00. The van der Waals surface area contributed by atoms with Crippen molar-refractivity contribution in [1.82, 2.24) is 5.32 Å². The molecular weight excluding hydrogens is 218 g/mol. The maximum Gasteiger partial charge on any atom is 0.0356 e. The van der Waals surface area contributed by atoms with Crippen molar-refractivity contribution in [2.45, 2.75) is 46.1 Å². The zero-order valence-electron chi connectivity index (χ0n) is 11.9. The number of nitrogens with one attached hydrogen (secondary N) is 1. The molecule has 2 saturated carbocycles. The molecule has 3 atom stereocenters. The van der Waals surface area contributed by atoms with E-state index >= 15 is 0 Å². The SMILES string of the molecule is CCNC(c1cc(C)ccc1C)C1C2CCCC21. The van der Waals surface area contributed by atoms with E-state index in [-0.39, 0.29) is 0 Å². The molecule has 0 bridgehead atoms. The fraction of sp³-hybridized carbons (Fsp3) is 0.647. The van der Waals surface area contributed by atoms with E-state index in [1.165, 1.54) is 30.4 Å². The lowest BCUT2D eigenvalue weighted by molar-refractivity contribution is 0.424.